The van der Waals surface area contributed by atoms with Gasteiger partial charge < -0.3 is 10.0 Å². The van der Waals surface area contributed by atoms with Gasteiger partial charge in [-0.1, -0.05) is 12.1 Å². The molecular formula is C19H14F9NO2. The van der Waals surface area contributed by atoms with Gasteiger partial charge in [-0.3, -0.25) is 4.79 Å². The Morgan fingerprint density at radius 1 is 0.774 bits per heavy atom. The van der Waals surface area contributed by atoms with Crippen LogP contribution < -0.4 is 4.90 Å². The van der Waals surface area contributed by atoms with Crippen molar-refractivity contribution in [1.29, 1.82) is 0 Å². The zero-order valence-corrected chi connectivity index (χ0v) is 15.5. The molecule has 0 bridgehead atoms. The fourth-order valence-corrected chi connectivity index (χ4v) is 2.77. The minimum atomic E-state index is -6.06. The average Bonchev–Trinajstić information content (AvgIpc) is 2.66. The predicted molar refractivity (Wildman–Crippen MR) is 91.2 cm³/mol. The molecule has 0 saturated heterocycles. The van der Waals surface area contributed by atoms with Crippen molar-refractivity contribution in [1.82, 2.24) is 0 Å². The molecule has 1 N–H and O–H groups in total. The predicted octanol–water partition coefficient (Wildman–Crippen LogP) is 5.68. The van der Waals surface area contributed by atoms with Crippen LogP contribution in [0.5, 0.6) is 0 Å². The van der Waals surface area contributed by atoms with E-state index in [0.29, 0.717) is 24.3 Å². The first-order valence-electron chi connectivity index (χ1n) is 8.49. The van der Waals surface area contributed by atoms with Gasteiger partial charge in [0.05, 0.1) is 5.56 Å². The molecule has 170 valence electrons. The molecule has 2 aromatic rings. The van der Waals surface area contributed by atoms with Crippen LogP contribution in [0.4, 0.5) is 45.2 Å². The fourth-order valence-electron chi connectivity index (χ4n) is 2.77. The van der Waals surface area contributed by atoms with E-state index in [2.05, 4.69) is 0 Å². The van der Waals surface area contributed by atoms with Gasteiger partial charge >= 0.3 is 18.5 Å². The number of rotatable bonds is 4. The molecule has 0 unspecified atom stereocenters. The van der Waals surface area contributed by atoms with Crippen molar-refractivity contribution >= 4 is 11.6 Å². The zero-order chi connectivity index (χ0) is 23.8. The van der Waals surface area contributed by atoms with Crippen LogP contribution in [0.2, 0.25) is 0 Å². The number of alkyl halides is 9. The van der Waals surface area contributed by atoms with Crippen molar-refractivity contribution in [2.24, 2.45) is 0 Å². The van der Waals surface area contributed by atoms with Crippen LogP contribution >= 0.6 is 0 Å². The first-order valence-corrected chi connectivity index (χ1v) is 8.49. The van der Waals surface area contributed by atoms with Gasteiger partial charge in [-0.25, -0.2) is 0 Å². The second kappa shape index (κ2) is 8.06. The van der Waals surface area contributed by atoms with E-state index in [1.165, 1.54) is 6.92 Å². The lowest BCUT2D eigenvalue weighted by Crippen LogP contribution is -2.53. The van der Waals surface area contributed by atoms with Crippen LogP contribution in [0.1, 0.15) is 28.4 Å². The van der Waals surface area contributed by atoms with E-state index in [1.54, 1.807) is 0 Å². The third kappa shape index (κ3) is 4.63. The van der Waals surface area contributed by atoms with Gasteiger partial charge in [-0.05, 0) is 43.3 Å². The molecule has 0 aliphatic rings. The lowest BCUT2D eigenvalue weighted by molar-refractivity contribution is -0.376. The van der Waals surface area contributed by atoms with Crippen LogP contribution in [0.3, 0.4) is 0 Å². The Balaban J connectivity index is 2.38. The highest BCUT2D eigenvalue weighted by atomic mass is 19.4. The smallest absolute Gasteiger partial charge is 0.369 e. The largest absolute Gasteiger partial charge is 0.430 e. The van der Waals surface area contributed by atoms with E-state index in [-0.39, 0.29) is 17.8 Å². The molecule has 0 aliphatic carbocycles. The number of carbonyl (C=O) groups excluding carboxylic acids is 1. The highest BCUT2D eigenvalue weighted by molar-refractivity contribution is 6.06. The molecule has 2 rings (SSSR count). The molecule has 0 spiro atoms. The maximum absolute atomic E-state index is 13.0. The second-order valence-corrected chi connectivity index (χ2v) is 6.38. The zero-order valence-electron chi connectivity index (χ0n) is 15.5. The Kier molecular flexibility index (Phi) is 6.37. The summed E-state index contributed by atoms with van der Waals surface area (Å²) in [6, 6.07) is 5.40. The van der Waals surface area contributed by atoms with Gasteiger partial charge in [0.1, 0.15) is 0 Å². The van der Waals surface area contributed by atoms with Crippen molar-refractivity contribution in [3.05, 3.63) is 65.2 Å². The topological polar surface area (TPSA) is 40.5 Å². The summed E-state index contributed by atoms with van der Waals surface area (Å²) in [7, 11) is 0. The summed E-state index contributed by atoms with van der Waals surface area (Å²) in [5.41, 5.74) is -7.93. The number of anilines is 1. The number of amides is 1. The molecule has 3 nitrogen and oxygen atoms in total. The van der Waals surface area contributed by atoms with E-state index in [9.17, 15) is 49.4 Å². The lowest BCUT2D eigenvalue weighted by Gasteiger charge is -2.33. The quantitative estimate of drug-likeness (QED) is 0.598. The Bertz CT molecular complexity index is 900. The van der Waals surface area contributed by atoms with Crippen LogP contribution in [0.15, 0.2) is 48.5 Å². The van der Waals surface area contributed by atoms with Crippen LogP contribution in [0.25, 0.3) is 0 Å². The molecule has 0 radical (unpaired) electrons. The van der Waals surface area contributed by atoms with Crippen molar-refractivity contribution in [2.75, 3.05) is 11.4 Å². The third-order valence-corrected chi connectivity index (χ3v) is 4.44. The number of halogens is 9. The van der Waals surface area contributed by atoms with E-state index in [1.807, 2.05) is 0 Å². The number of benzene rings is 2. The van der Waals surface area contributed by atoms with Gasteiger partial charge in [0.25, 0.3) is 11.5 Å². The van der Waals surface area contributed by atoms with E-state index in [4.69, 9.17) is 0 Å². The van der Waals surface area contributed by atoms with Gasteiger partial charge in [0, 0.05) is 23.4 Å². The van der Waals surface area contributed by atoms with Crippen LogP contribution in [0, 0.1) is 0 Å². The lowest BCUT2D eigenvalue weighted by atomic mass is 9.92. The Morgan fingerprint density at radius 2 is 1.19 bits per heavy atom. The van der Waals surface area contributed by atoms with Crippen molar-refractivity contribution in [3.63, 3.8) is 0 Å². The number of aliphatic hydroxyl groups is 1. The first-order chi connectivity index (χ1) is 14.0. The van der Waals surface area contributed by atoms with Crippen molar-refractivity contribution in [3.8, 4) is 0 Å². The van der Waals surface area contributed by atoms with Crippen LogP contribution in [-0.2, 0) is 11.8 Å². The summed E-state index contributed by atoms with van der Waals surface area (Å²) in [5.74, 6) is -0.828. The summed E-state index contributed by atoms with van der Waals surface area (Å²) in [5, 5.41) is 9.40. The van der Waals surface area contributed by atoms with Gasteiger partial charge in [0.15, 0.2) is 0 Å². The minimum Gasteiger partial charge on any atom is -0.369 e. The summed E-state index contributed by atoms with van der Waals surface area (Å²) in [6.45, 7) is 1.35. The first kappa shape index (κ1) is 24.5. The van der Waals surface area contributed by atoms with Gasteiger partial charge in [-0.2, -0.15) is 39.5 Å². The molecule has 0 aromatic heterocycles. The summed E-state index contributed by atoms with van der Waals surface area (Å²) in [4.78, 5) is 13.5. The van der Waals surface area contributed by atoms with Gasteiger partial charge in [-0.15, -0.1) is 0 Å². The highest BCUT2D eigenvalue weighted by Crippen LogP contribution is 2.50. The maximum Gasteiger partial charge on any atom is 0.430 e. The molecule has 2 aromatic carbocycles. The molecule has 0 aliphatic heterocycles. The third-order valence-electron chi connectivity index (χ3n) is 4.44. The summed E-state index contributed by atoms with van der Waals surface area (Å²) in [6.07, 6.45) is -16.8. The number of nitrogens with zero attached hydrogens (tertiary/aromatic N) is 1. The van der Waals surface area contributed by atoms with E-state index in [0.717, 1.165) is 29.2 Å². The molecule has 1 amide bonds. The van der Waals surface area contributed by atoms with Gasteiger partial charge in [0.2, 0.25) is 0 Å². The maximum atomic E-state index is 13.0. The fraction of sp³-hybridized carbons (Fsp3) is 0.316. The number of hydrogen-bond acceptors (Lipinski definition) is 2. The SMILES string of the molecule is CCN(C(=O)c1ccc(C(F)(F)F)cc1)c1ccc(C(O)(C(F)(F)F)C(F)(F)F)cc1. The summed E-state index contributed by atoms with van der Waals surface area (Å²) < 4.78 is 116. The Morgan fingerprint density at radius 3 is 1.55 bits per heavy atom. The Labute approximate surface area is 169 Å². The summed E-state index contributed by atoms with van der Waals surface area (Å²) >= 11 is 0. The molecule has 12 heteroatoms. The number of hydrogen-bond donors (Lipinski definition) is 1. The molecule has 0 atom stereocenters. The standard InChI is InChI=1S/C19H14F9NO2/c1-2-29(15(30)11-3-5-13(6-4-11)17(20,21)22)14-9-7-12(8-10-14)16(31,18(23,24)25)19(26,27)28/h3-10,31H,2H2,1H3. The Hall–Kier alpha value is -2.76. The average molecular weight is 459 g/mol. The normalized spacial score (nSPS) is 13.3. The molecule has 0 saturated carbocycles. The molecule has 31 heavy (non-hydrogen) atoms. The highest BCUT2D eigenvalue weighted by Gasteiger charge is 2.71. The molecule has 0 fully saturated rings. The van der Waals surface area contributed by atoms with Crippen LogP contribution in [-0.4, -0.2) is 29.9 Å². The second-order valence-electron chi connectivity index (χ2n) is 6.38. The molecular weight excluding hydrogens is 445 g/mol. The minimum absolute atomic E-state index is 0.0952. The monoisotopic (exact) mass is 459 g/mol. The van der Waals surface area contributed by atoms with Crippen molar-refractivity contribution in [2.45, 2.75) is 31.1 Å². The van der Waals surface area contributed by atoms with E-state index >= 15 is 0 Å². The molecule has 0 heterocycles. The van der Waals surface area contributed by atoms with Crippen molar-refractivity contribution < 1.29 is 49.4 Å². The number of carbonyl (C=O) groups is 1. The van der Waals surface area contributed by atoms with E-state index < -0.39 is 41.2 Å².